The van der Waals surface area contributed by atoms with Gasteiger partial charge in [-0.3, -0.25) is 4.98 Å². The molecule has 6 heteroatoms. The maximum absolute atomic E-state index is 14.1. The van der Waals surface area contributed by atoms with E-state index in [1.807, 2.05) is 30.3 Å². The largest absolute Gasteiger partial charge is 0.354 e. The van der Waals surface area contributed by atoms with E-state index in [0.717, 1.165) is 43.3 Å². The van der Waals surface area contributed by atoms with Gasteiger partial charge in [-0.1, -0.05) is 24.3 Å². The molecular formula is C20H20FN5. The van der Waals surface area contributed by atoms with E-state index in [1.165, 1.54) is 6.07 Å². The lowest BCUT2D eigenvalue weighted by atomic mass is 10.1. The molecule has 0 saturated carbocycles. The third-order valence-corrected chi connectivity index (χ3v) is 4.49. The summed E-state index contributed by atoms with van der Waals surface area (Å²) in [5, 5.41) is 3.35. The molecule has 26 heavy (non-hydrogen) atoms. The predicted octanol–water partition coefficient (Wildman–Crippen LogP) is 2.68. The van der Waals surface area contributed by atoms with Crippen LogP contribution in [0.2, 0.25) is 0 Å². The first-order valence-corrected chi connectivity index (χ1v) is 8.77. The highest BCUT2D eigenvalue weighted by atomic mass is 19.1. The third kappa shape index (κ3) is 3.55. The summed E-state index contributed by atoms with van der Waals surface area (Å²) < 4.78 is 14.1. The molecule has 0 amide bonds. The number of pyridine rings is 1. The molecule has 0 spiro atoms. The van der Waals surface area contributed by atoms with E-state index in [-0.39, 0.29) is 5.82 Å². The van der Waals surface area contributed by atoms with Gasteiger partial charge in [0.25, 0.3) is 0 Å². The molecule has 2 aromatic heterocycles. The second kappa shape index (κ2) is 7.58. The smallest absolute Gasteiger partial charge is 0.180 e. The molecule has 1 saturated heterocycles. The average Bonchev–Trinajstić information content (AvgIpc) is 2.71. The number of nitrogens with zero attached hydrogens (tertiary/aromatic N) is 4. The molecule has 0 radical (unpaired) electrons. The van der Waals surface area contributed by atoms with Crippen molar-refractivity contribution < 1.29 is 4.39 Å². The molecule has 0 unspecified atom stereocenters. The molecule has 0 aliphatic carbocycles. The Bertz CT molecular complexity index is 878. The number of nitrogens with one attached hydrogen (secondary N) is 1. The quantitative estimate of drug-likeness (QED) is 0.785. The Morgan fingerprint density at radius 1 is 0.962 bits per heavy atom. The lowest BCUT2D eigenvalue weighted by Crippen LogP contribution is -2.44. The van der Waals surface area contributed by atoms with Crippen LogP contribution in [0.3, 0.4) is 0 Å². The lowest BCUT2D eigenvalue weighted by Gasteiger charge is -2.30. The summed E-state index contributed by atoms with van der Waals surface area (Å²) in [4.78, 5) is 15.9. The van der Waals surface area contributed by atoms with E-state index in [2.05, 4.69) is 20.2 Å². The van der Waals surface area contributed by atoms with Gasteiger partial charge in [0.2, 0.25) is 0 Å². The highest BCUT2D eigenvalue weighted by Gasteiger charge is 2.19. The Hall–Kier alpha value is -2.86. The van der Waals surface area contributed by atoms with Gasteiger partial charge >= 0.3 is 0 Å². The highest BCUT2D eigenvalue weighted by molar-refractivity contribution is 5.56. The van der Waals surface area contributed by atoms with Crippen LogP contribution >= 0.6 is 0 Å². The summed E-state index contributed by atoms with van der Waals surface area (Å²) in [6, 6.07) is 12.5. The third-order valence-electron chi connectivity index (χ3n) is 4.49. The number of aromatic nitrogens is 3. The zero-order valence-electron chi connectivity index (χ0n) is 14.4. The fourth-order valence-corrected chi connectivity index (χ4v) is 3.14. The lowest BCUT2D eigenvalue weighted by molar-refractivity contribution is 0.582. The summed E-state index contributed by atoms with van der Waals surface area (Å²) >= 11 is 0. The van der Waals surface area contributed by atoms with Gasteiger partial charge in [-0.2, -0.15) is 0 Å². The van der Waals surface area contributed by atoms with Gasteiger partial charge in [-0.05, 0) is 23.8 Å². The van der Waals surface area contributed by atoms with E-state index in [1.54, 1.807) is 18.5 Å². The van der Waals surface area contributed by atoms with Crippen molar-refractivity contribution in [2.75, 3.05) is 31.1 Å². The second-order valence-electron chi connectivity index (χ2n) is 6.26. The van der Waals surface area contributed by atoms with Crippen LogP contribution in [0, 0.1) is 5.82 Å². The SMILES string of the molecule is Fc1ccccc1Cc1cnc(-c2ccccn2)nc1N1CCNCC1. The number of benzene rings is 1. The Balaban J connectivity index is 1.73. The molecule has 0 bridgehead atoms. The number of hydrogen-bond donors (Lipinski definition) is 1. The Kier molecular flexibility index (Phi) is 4.84. The molecule has 132 valence electrons. The van der Waals surface area contributed by atoms with Gasteiger partial charge < -0.3 is 10.2 Å². The van der Waals surface area contributed by atoms with E-state index in [0.29, 0.717) is 17.8 Å². The number of rotatable bonds is 4. The van der Waals surface area contributed by atoms with Crippen LogP contribution in [-0.2, 0) is 6.42 Å². The highest BCUT2D eigenvalue weighted by Crippen LogP contribution is 2.25. The fourth-order valence-electron chi connectivity index (χ4n) is 3.14. The van der Waals surface area contributed by atoms with Crippen molar-refractivity contribution in [3.63, 3.8) is 0 Å². The number of anilines is 1. The minimum atomic E-state index is -0.201. The number of halogens is 1. The zero-order valence-corrected chi connectivity index (χ0v) is 14.4. The van der Waals surface area contributed by atoms with Gasteiger partial charge in [0, 0.05) is 50.6 Å². The Morgan fingerprint density at radius 2 is 1.77 bits per heavy atom. The summed E-state index contributed by atoms with van der Waals surface area (Å²) in [5.74, 6) is 1.26. The Labute approximate surface area is 151 Å². The monoisotopic (exact) mass is 349 g/mol. The van der Waals surface area contributed by atoms with Crippen LogP contribution in [0.25, 0.3) is 11.5 Å². The van der Waals surface area contributed by atoms with Gasteiger partial charge in [0.1, 0.15) is 17.3 Å². The summed E-state index contributed by atoms with van der Waals surface area (Å²) in [7, 11) is 0. The normalized spacial score (nSPS) is 14.4. The summed E-state index contributed by atoms with van der Waals surface area (Å²) in [5.41, 5.74) is 2.32. The van der Waals surface area contributed by atoms with Crippen LogP contribution in [0.4, 0.5) is 10.2 Å². The standard InChI is InChI=1S/C20H20FN5/c21-17-6-2-1-5-15(17)13-16-14-24-19(18-7-3-4-8-23-18)25-20(16)26-11-9-22-10-12-26/h1-8,14,22H,9-13H2. The molecule has 4 rings (SSSR count). The van der Waals surface area contributed by atoms with Crippen molar-refractivity contribution in [3.05, 3.63) is 71.8 Å². The van der Waals surface area contributed by atoms with Crippen LogP contribution in [-0.4, -0.2) is 41.1 Å². The molecule has 0 atom stereocenters. The predicted molar refractivity (Wildman–Crippen MR) is 99.6 cm³/mol. The molecule has 3 heterocycles. The minimum absolute atomic E-state index is 0.201. The van der Waals surface area contributed by atoms with Gasteiger partial charge in [-0.25, -0.2) is 14.4 Å². The number of piperazine rings is 1. The fraction of sp³-hybridized carbons (Fsp3) is 0.250. The molecule has 5 nitrogen and oxygen atoms in total. The minimum Gasteiger partial charge on any atom is -0.354 e. The maximum atomic E-state index is 14.1. The maximum Gasteiger partial charge on any atom is 0.180 e. The number of hydrogen-bond acceptors (Lipinski definition) is 5. The van der Waals surface area contributed by atoms with Crippen molar-refractivity contribution in [2.45, 2.75) is 6.42 Å². The summed E-state index contributed by atoms with van der Waals surface area (Å²) in [6.07, 6.45) is 4.01. The van der Waals surface area contributed by atoms with Crippen LogP contribution in [0.5, 0.6) is 0 Å². The molecule has 1 aromatic carbocycles. The molecule has 1 fully saturated rings. The van der Waals surface area contributed by atoms with E-state index in [4.69, 9.17) is 4.98 Å². The van der Waals surface area contributed by atoms with Crippen molar-refractivity contribution in [3.8, 4) is 11.5 Å². The Morgan fingerprint density at radius 3 is 2.54 bits per heavy atom. The van der Waals surface area contributed by atoms with Gasteiger partial charge in [0.05, 0.1) is 0 Å². The van der Waals surface area contributed by atoms with Crippen molar-refractivity contribution in [1.82, 2.24) is 20.3 Å². The average molecular weight is 349 g/mol. The van der Waals surface area contributed by atoms with E-state index in [9.17, 15) is 4.39 Å². The van der Waals surface area contributed by atoms with Gasteiger partial charge in [0.15, 0.2) is 5.82 Å². The molecule has 1 N–H and O–H groups in total. The second-order valence-corrected chi connectivity index (χ2v) is 6.26. The molecule has 1 aliphatic rings. The van der Waals surface area contributed by atoms with Crippen LogP contribution in [0.15, 0.2) is 54.9 Å². The van der Waals surface area contributed by atoms with Gasteiger partial charge in [-0.15, -0.1) is 0 Å². The first-order chi connectivity index (χ1) is 12.8. The van der Waals surface area contributed by atoms with Crippen molar-refractivity contribution in [1.29, 1.82) is 0 Å². The first-order valence-electron chi connectivity index (χ1n) is 8.77. The molecular weight excluding hydrogens is 329 g/mol. The topological polar surface area (TPSA) is 53.9 Å². The summed E-state index contributed by atoms with van der Waals surface area (Å²) in [6.45, 7) is 3.54. The molecule has 1 aliphatic heterocycles. The van der Waals surface area contributed by atoms with E-state index >= 15 is 0 Å². The van der Waals surface area contributed by atoms with E-state index < -0.39 is 0 Å². The van der Waals surface area contributed by atoms with Crippen LogP contribution in [0.1, 0.15) is 11.1 Å². The van der Waals surface area contributed by atoms with Crippen molar-refractivity contribution in [2.24, 2.45) is 0 Å². The zero-order chi connectivity index (χ0) is 17.8. The van der Waals surface area contributed by atoms with Crippen molar-refractivity contribution >= 4 is 5.82 Å². The first kappa shape index (κ1) is 16.6. The molecule has 3 aromatic rings. The van der Waals surface area contributed by atoms with Crippen LogP contribution < -0.4 is 10.2 Å².